The molecule has 0 radical (unpaired) electrons. The minimum Gasteiger partial charge on any atom is -0.507 e. The van der Waals surface area contributed by atoms with Crippen LogP contribution in [0.5, 0.6) is 28.7 Å². The Morgan fingerprint density at radius 3 is 2.23 bits per heavy atom. The first-order valence-corrected chi connectivity index (χ1v) is 9.12. The summed E-state index contributed by atoms with van der Waals surface area (Å²) in [5, 5.41) is 15.4. The maximum Gasteiger partial charge on any atom is 0.204 e. The van der Waals surface area contributed by atoms with E-state index < -0.39 is 0 Å². The number of benzene rings is 2. The van der Waals surface area contributed by atoms with Crippen LogP contribution in [-0.4, -0.2) is 48.1 Å². The van der Waals surface area contributed by atoms with Crippen molar-refractivity contribution in [2.45, 2.75) is 0 Å². The second-order valence-electron chi connectivity index (χ2n) is 6.39. The van der Waals surface area contributed by atoms with Gasteiger partial charge in [-0.05, 0) is 17.7 Å². The van der Waals surface area contributed by atoms with Gasteiger partial charge in [-0.1, -0.05) is 12.1 Å². The molecule has 154 valence electrons. The summed E-state index contributed by atoms with van der Waals surface area (Å²) in [6.45, 7) is 0. The molecular weight excluding hydrogens is 386 g/mol. The van der Waals surface area contributed by atoms with Crippen LogP contribution in [0.4, 0.5) is 0 Å². The van der Waals surface area contributed by atoms with E-state index in [1.807, 2.05) is 24.3 Å². The minimum atomic E-state index is -0.0396. The Kier molecular flexibility index (Phi) is 5.05. The zero-order valence-corrected chi connectivity index (χ0v) is 17.0. The van der Waals surface area contributed by atoms with Crippen LogP contribution in [0, 0.1) is 0 Å². The number of hydrogen-bond donors (Lipinski definition) is 1. The van der Waals surface area contributed by atoms with Gasteiger partial charge in [-0.25, -0.2) is 9.50 Å². The van der Waals surface area contributed by atoms with E-state index in [4.69, 9.17) is 18.9 Å². The average molecular weight is 407 g/mol. The molecule has 0 saturated heterocycles. The van der Waals surface area contributed by atoms with E-state index in [0.717, 1.165) is 16.9 Å². The number of aromatic nitrogens is 3. The first-order chi connectivity index (χ1) is 14.6. The van der Waals surface area contributed by atoms with Crippen LogP contribution >= 0.6 is 0 Å². The maximum atomic E-state index is 11.0. The normalized spacial score (nSPS) is 10.8. The van der Waals surface area contributed by atoms with Gasteiger partial charge in [0.1, 0.15) is 11.5 Å². The summed E-state index contributed by atoms with van der Waals surface area (Å²) in [6, 6.07) is 10.8. The second-order valence-corrected chi connectivity index (χ2v) is 6.39. The second kappa shape index (κ2) is 7.82. The highest BCUT2D eigenvalue weighted by atomic mass is 16.5. The quantitative estimate of drug-likeness (QED) is 0.520. The van der Waals surface area contributed by atoms with Crippen LogP contribution in [-0.2, 0) is 0 Å². The van der Waals surface area contributed by atoms with E-state index in [0.29, 0.717) is 34.2 Å². The zero-order valence-electron chi connectivity index (χ0n) is 17.0. The number of phenolic OH excluding ortho intramolecular Hbond substituents is 1. The summed E-state index contributed by atoms with van der Waals surface area (Å²) < 4.78 is 23.4. The minimum absolute atomic E-state index is 0.0396. The molecule has 0 bridgehead atoms. The van der Waals surface area contributed by atoms with Crippen molar-refractivity contribution in [1.82, 2.24) is 14.6 Å². The predicted octanol–water partition coefficient (Wildman–Crippen LogP) is 3.80. The summed E-state index contributed by atoms with van der Waals surface area (Å²) in [5.74, 6) is 1.74. The van der Waals surface area contributed by atoms with Gasteiger partial charge in [0.25, 0.3) is 0 Å². The lowest BCUT2D eigenvalue weighted by Gasteiger charge is -2.19. The highest BCUT2D eigenvalue weighted by molar-refractivity contribution is 5.90. The van der Waals surface area contributed by atoms with Gasteiger partial charge in [0.2, 0.25) is 5.75 Å². The van der Waals surface area contributed by atoms with E-state index in [2.05, 4.69) is 10.1 Å². The van der Waals surface area contributed by atoms with Crippen LogP contribution in [0.3, 0.4) is 0 Å². The molecule has 4 rings (SSSR count). The lowest BCUT2D eigenvalue weighted by Crippen LogP contribution is -2.03. The summed E-state index contributed by atoms with van der Waals surface area (Å²) in [5.41, 5.74) is 3.25. The molecule has 0 amide bonds. The van der Waals surface area contributed by atoms with Crippen molar-refractivity contribution in [2.75, 3.05) is 28.4 Å². The molecule has 2 aromatic carbocycles. The van der Waals surface area contributed by atoms with Gasteiger partial charge >= 0.3 is 0 Å². The van der Waals surface area contributed by atoms with Crippen molar-refractivity contribution in [2.24, 2.45) is 0 Å². The molecule has 0 aliphatic carbocycles. The maximum absolute atomic E-state index is 11.0. The van der Waals surface area contributed by atoms with E-state index >= 15 is 0 Å². The molecule has 30 heavy (non-hydrogen) atoms. The molecule has 2 aromatic heterocycles. The van der Waals surface area contributed by atoms with Gasteiger partial charge in [-0.2, -0.15) is 5.10 Å². The summed E-state index contributed by atoms with van der Waals surface area (Å²) in [6.07, 6.45) is 3.39. The highest BCUT2D eigenvalue weighted by Gasteiger charge is 2.26. The smallest absolute Gasteiger partial charge is 0.204 e. The van der Waals surface area contributed by atoms with Gasteiger partial charge in [-0.3, -0.25) is 0 Å². The molecule has 0 spiro atoms. The van der Waals surface area contributed by atoms with Crippen molar-refractivity contribution >= 4 is 5.65 Å². The van der Waals surface area contributed by atoms with Crippen LogP contribution in [0.1, 0.15) is 0 Å². The third kappa shape index (κ3) is 3.02. The molecule has 0 aliphatic heterocycles. The van der Waals surface area contributed by atoms with E-state index in [1.165, 1.54) is 27.4 Å². The van der Waals surface area contributed by atoms with Crippen molar-refractivity contribution in [3.8, 4) is 51.1 Å². The first-order valence-electron chi connectivity index (χ1n) is 9.12. The predicted molar refractivity (Wildman–Crippen MR) is 112 cm³/mol. The molecule has 2 heterocycles. The Balaban J connectivity index is 2.09. The lowest BCUT2D eigenvalue weighted by atomic mass is 9.98. The fourth-order valence-corrected chi connectivity index (χ4v) is 3.47. The molecule has 1 N–H and O–H groups in total. The molecule has 0 unspecified atom stereocenters. The van der Waals surface area contributed by atoms with Gasteiger partial charge in [0, 0.05) is 23.9 Å². The SMILES string of the molecule is COc1ccc(-c2cnc3ccnn3c2-c2c(O)cc(OC)c(OC)c2OC)cc1. The summed E-state index contributed by atoms with van der Waals surface area (Å²) in [4.78, 5) is 4.50. The van der Waals surface area contributed by atoms with Crippen LogP contribution in [0.25, 0.3) is 28.0 Å². The Morgan fingerprint density at radius 1 is 0.867 bits per heavy atom. The Morgan fingerprint density at radius 2 is 1.60 bits per heavy atom. The van der Waals surface area contributed by atoms with Crippen LogP contribution < -0.4 is 18.9 Å². The molecule has 8 nitrogen and oxygen atoms in total. The number of fused-ring (bicyclic) bond motifs is 1. The molecule has 0 saturated carbocycles. The fourth-order valence-electron chi connectivity index (χ4n) is 3.47. The molecule has 8 heteroatoms. The molecule has 4 aromatic rings. The third-order valence-electron chi connectivity index (χ3n) is 4.86. The van der Waals surface area contributed by atoms with Crippen molar-refractivity contribution in [1.29, 1.82) is 0 Å². The van der Waals surface area contributed by atoms with Crippen LogP contribution in [0.2, 0.25) is 0 Å². The van der Waals surface area contributed by atoms with Gasteiger partial charge in [0.05, 0.1) is 45.9 Å². The number of methoxy groups -OCH3 is 4. The summed E-state index contributed by atoms with van der Waals surface area (Å²) in [7, 11) is 6.14. The van der Waals surface area contributed by atoms with E-state index in [9.17, 15) is 5.11 Å². The molecular formula is C22H21N3O5. The van der Waals surface area contributed by atoms with E-state index in [1.54, 1.807) is 30.1 Å². The largest absolute Gasteiger partial charge is 0.507 e. The van der Waals surface area contributed by atoms with Gasteiger partial charge < -0.3 is 24.1 Å². The molecule has 0 fully saturated rings. The van der Waals surface area contributed by atoms with Crippen molar-refractivity contribution in [3.63, 3.8) is 0 Å². The third-order valence-corrected chi connectivity index (χ3v) is 4.86. The van der Waals surface area contributed by atoms with Gasteiger partial charge in [0.15, 0.2) is 17.1 Å². The first kappa shape index (κ1) is 19.4. The molecule has 0 aliphatic rings. The summed E-state index contributed by atoms with van der Waals surface area (Å²) >= 11 is 0. The lowest BCUT2D eigenvalue weighted by molar-refractivity contribution is 0.321. The average Bonchev–Trinajstić information content (AvgIpc) is 3.27. The number of ether oxygens (including phenoxy) is 4. The Hall–Kier alpha value is -3.94. The van der Waals surface area contributed by atoms with Crippen molar-refractivity contribution < 1.29 is 24.1 Å². The number of hydrogen-bond acceptors (Lipinski definition) is 7. The number of rotatable bonds is 6. The fraction of sp³-hybridized carbons (Fsp3) is 0.182. The van der Waals surface area contributed by atoms with Crippen molar-refractivity contribution in [3.05, 3.63) is 48.8 Å². The van der Waals surface area contributed by atoms with E-state index in [-0.39, 0.29) is 5.75 Å². The van der Waals surface area contributed by atoms with Gasteiger partial charge in [-0.15, -0.1) is 0 Å². The number of nitrogens with zero attached hydrogens (tertiary/aromatic N) is 3. The number of aromatic hydroxyl groups is 1. The topological polar surface area (TPSA) is 87.3 Å². The standard InChI is InChI=1S/C22H21N3O5/c1-27-14-7-5-13(6-8-14)15-12-23-18-9-10-24-25(18)20(15)19-16(26)11-17(28-2)21(29-3)22(19)30-4/h5-12,26H,1-4H3. The number of phenols is 1. The molecule has 0 atom stereocenters. The van der Waals surface area contributed by atoms with Crippen LogP contribution in [0.15, 0.2) is 48.8 Å². The Labute approximate surface area is 173 Å². The zero-order chi connectivity index (χ0) is 21.3. The highest BCUT2D eigenvalue weighted by Crippen LogP contribution is 2.51. The monoisotopic (exact) mass is 407 g/mol. The Bertz CT molecular complexity index is 1200.